The van der Waals surface area contributed by atoms with Crippen molar-refractivity contribution >= 4 is 38.5 Å². The van der Waals surface area contributed by atoms with Gasteiger partial charge in [0.2, 0.25) is 0 Å². The molecule has 7 nitrogen and oxygen atoms in total. The predicted octanol–water partition coefficient (Wildman–Crippen LogP) is 3.32. The van der Waals surface area contributed by atoms with Crippen molar-refractivity contribution in [3.05, 3.63) is 53.1 Å². The molecule has 0 atom stereocenters. The summed E-state index contributed by atoms with van der Waals surface area (Å²) in [5.41, 5.74) is 3.54. The van der Waals surface area contributed by atoms with Crippen LogP contribution < -0.4 is 10.1 Å². The van der Waals surface area contributed by atoms with E-state index < -0.39 is 0 Å². The predicted molar refractivity (Wildman–Crippen MR) is 123 cm³/mol. The summed E-state index contributed by atoms with van der Waals surface area (Å²) in [7, 11) is 2.06. The van der Waals surface area contributed by atoms with E-state index in [4.69, 9.17) is 4.74 Å². The van der Waals surface area contributed by atoms with Crippen LogP contribution in [0.3, 0.4) is 0 Å². The van der Waals surface area contributed by atoms with Gasteiger partial charge >= 0.3 is 0 Å². The molecule has 2 aromatic carbocycles. The fourth-order valence-corrected chi connectivity index (χ4v) is 4.48. The Morgan fingerprint density at radius 1 is 1.10 bits per heavy atom. The Morgan fingerprint density at radius 3 is 2.61 bits per heavy atom. The molecular formula is C23H26N4O3S. The van der Waals surface area contributed by atoms with E-state index in [0.29, 0.717) is 16.4 Å². The van der Waals surface area contributed by atoms with Gasteiger partial charge in [-0.05, 0) is 50.7 Å². The van der Waals surface area contributed by atoms with Gasteiger partial charge < -0.3 is 14.5 Å². The number of rotatable bonds is 5. The highest BCUT2D eigenvalue weighted by Crippen LogP contribution is 2.27. The first-order valence-corrected chi connectivity index (χ1v) is 11.1. The van der Waals surface area contributed by atoms with Gasteiger partial charge in [0, 0.05) is 31.7 Å². The Bertz CT molecular complexity index is 1120. The second-order valence-electron chi connectivity index (χ2n) is 7.90. The molecule has 2 heterocycles. The maximum Gasteiger partial charge on any atom is 0.264 e. The third-order valence-corrected chi connectivity index (χ3v) is 6.30. The van der Waals surface area contributed by atoms with E-state index in [1.54, 1.807) is 6.07 Å². The molecule has 0 bridgehead atoms. The Labute approximate surface area is 185 Å². The third-order valence-electron chi connectivity index (χ3n) is 5.36. The fraction of sp³-hybridized carbons (Fsp3) is 0.348. The van der Waals surface area contributed by atoms with Gasteiger partial charge in [0.25, 0.3) is 11.8 Å². The molecule has 0 radical (unpaired) electrons. The smallest absolute Gasteiger partial charge is 0.264 e. The zero-order valence-electron chi connectivity index (χ0n) is 18.0. The molecule has 1 aliphatic rings. The molecule has 1 aliphatic heterocycles. The van der Waals surface area contributed by atoms with Crippen LogP contribution in [0.15, 0.2) is 36.4 Å². The summed E-state index contributed by atoms with van der Waals surface area (Å²) in [6, 6.07) is 11.3. The number of nitrogens with zero attached hydrogens (tertiary/aromatic N) is 3. The van der Waals surface area contributed by atoms with Gasteiger partial charge in [-0.25, -0.2) is 4.98 Å². The first kappa shape index (κ1) is 21.3. The van der Waals surface area contributed by atoms with E-state index >= 15 is 0 Å². The first-order valence-electron chi connectivity index (χ1n) is 10.3. The molecule has 0 saturated carbocycles. The summed E-state index contributed by atoms with van der Waals surface area (Å²) < 4.78 is 6.50. The van der Waals surface area contributed by atoms with Crippen molar-refractivity contribution < 1.29 is 14.3 Å². The van der Waals surface area contributed by atoms with Crippen molar-refractivity contribution in [3.8, 4) is 5.75 Å². The summed E-state index contributed by atoms with van der Waals surface area (Å²) >= 11 is 1.35. The molecule has 4 rings (SSSR count). The summed E-state index contributed by atoms with van der Waals surface area (Å²) in [6.07, 6.45) is 0. The van der Waals surface area contributed by atoms with Gasteiger partial charge in [-0.3, -0.25) is 14.9 Å². The summed E-state index contributed by atoms with van der Waals surface area (Å²) in [5, 5.41) is 3.29. The number of ether oxygens (including phenoxy) is 1. The molecule has 3 aromatic rings. The Balaban J connectivity index is 1.39. The van der Waals surface area contributed by atoms with Crippen molar-refractivity contribution in [2.75, 3.05) is 45.2 Å². The van der Waals surface area contributed by atoms with Crippen LogP contribution in [-0.4, -0.2) is 66.4 Å². The van der Waals surface area contributed by atoms with E-state index in [1.165, 1.54) is 11.3 Å². The highest BCUT2D eigenvalue weighted by Gasteiger charge is 2.21. The number of nitrogens with one attached hydrogen (secondary N) is 1. The number of hydrogen-bond donors (Lipinski definition) is 1. The number of benzene rings is 2. The monoisotopic (exact) mass is 438 g/mol. The number of fused-ring (bicyclic) bond motifs is 1. The average molecular weight is 439 g/mol. The van der Waals surface area contributed by atoms with Gasteiger partial charge in [-0.15, -0.1) is 0 Å². The highest BCUT2D eigenvalue weighted by molar-refractivity contribution is 7.22. The van der Waals surface area contributed by atoms with Crippen LogP contribution >= 0.6 is 11.3 Å². The average Bonchev–Trinajstić information content (AvgIpc) is 3.14. The van der Waals surface area contributed by atoms with Gasteiger partial charge in [0.15, 0.2) is 11.7 Å². The van der Waals surface area contributed by atoms with Gasteiger partial charge in [0.1, 0.15) is 5.75 Å². The van der Waals surface area contributed by atoms with E-state index in [-0.39, 0.29) is 18.4 Å². The number of aryl methyl sites for hydroxylation is 2. The lowest BCUT2D eigenvalue weighted by Gasteiger charge is -2.32. The van der Waals surface area contributed by atoms with Gasteiger partial charge in [-0.1, -0.05) is 29.0 Å². The number of carbonyl (C=O) groups is 2. The molecule has 1 aromatic heterocycles. The quantitative estimate of drug-likeness (QED) is 0.662. The van der Waals surface area contributed by atoms with Crippen molar-refractivity contribution in [1.82, 2.24) is 14.8 Å². The number of aromatic nitrogens is 1. The lowest BCUT2D eigenvalue weighted by atomic mass is 10.1. The van der Waals surface area contributed by atoms with Crippen molar-refractivity contribution in [2.24, 2.45) is 0 Å². The van der Waals surface area contributed by atoms with E-state index in [9.17, 15) is 9.59 Å². The van der Waals surface area contributed by atoms with E-state index in [1.807, 2.05) is 49.1 Å². The number of anilines is 1. The summed E-state index contributed by atoms with van der Waals surface area (Å²) in [5.74, 6) is 0.459. The minimum atomic E-state index is -0.271. The second kappa shape index (κ2) is 9.03. The van der Waals surface area contributed by atoms with Gasteiger partial charge in [0.05, 0.1) is 10.2 Å². The number of hydrogen-bond acceptors (Lipinski definition) is 6. The summed E-state index contributed by atoms with van der Waals surface area (Å²) in [4.78, 5) is 33.7. The fourth-order valence-electron chi connectivity index (χ4n) is 3.56. The molecule has 1 N–H and O–H groups in total. The lowest BCUT2D eigenvalue weighted by Crippen LogP contribution is -2.47. The van der Waals surface area contributed by atoms with Crippen LogP contribution in [0.25, 0.3) is 10.2 Å². The second-order valence-corrected chi connectivity index (χ2v) is 8.93. The van der Waals surface area contributed by atoms with Crippen LogP contribution in [0.4, 0.5) is 5.13 Å². The molecule has 2 amide bonds. The number of likely N-dealkylation sites (N-methyl/N-ethyl adjacent to an activating group) is 1. The van der Waals surface area contributed by atoms with Crippen LogP contribution in [0.5, 0.6) is 5.75 Å². The molecule has 1 fully saturated rings. The molecular weight excluding hydrogens is 412 g/mol. The number of carbonyl (C=O) groups excluding carboxylic acids is 2. The van der Waals surface area contributed by atoms with E-state index in [0.717, 1.165) is 47.5 Å². The Hall–Kier alpha value is -2.97. The number of thiazole rings is 1. The minimum Gasteiger partial charge on any atom is -0.483 e. The molecule has 8 heteroatoms. The topological polar surface area (TPSA) is 74.8 Å². The minimum absolute atomic E-state index is 0.0378. The largest absolute Gasteiger partial charge is 0.483 e. The van der Waals surface area contributed by atoms with Crippen LogP contribution in [0.2, 0.25) is 0 Å². The van der Waals surface area contributed by atoms with Crippen molar-refractivity contribution in [3.63, 3.8) is 0 Å². The Kier molecular flexibility index (Phi) is 6.20. The highest BCUT2D eigenvalue weighted by atomic mass is 32.1. The molecule has 0 unspecified atom stereocenters. The zero-order chi connectivity index (χ0) is 22.0. The standard InChI is InChI=1S/C23H26N4O3S/c1-15-4-7-19(16(2)12-15)30-14-21(28)25-23-24-18-6-5-17(13-20(18)31-23)22(29)27-10-8-26(3)9-11-27/h4-7,12-13H,8-11,14H2,1-3H3,(H,24,25,28). The van der Waals surface area contributed by atoms with Crippen molar-refractivity contribution in [2.45, 2.75) is 13.8 Å². The first-order chi connectivity index (χ1) is 14.9. The van der Waals surface area contributed by atoms with Crippen molar-refractivity contribution in [1.29, 1.82) is 0 Å². The van der Waals surface area contributed by atoms with Crippen LogP contribution in [-0.2, 0) is 4.79 Å². The number of amides is 2. The number of piperazine rings is 1. The SMILES string of the molecule is Cc1ccc(OCC(=O)Nc2nc3ccc(C(=O)N4CCN(C)CC4)cc3s2)c(C)c1. The van der Waals surface area contributed by atoms with E-state index in [2.05, 4.69) is 22.2 Å². The zero-order valence-corrected chi connectivity index (χ0v) is 18.8. The van der Waals surface area contributed by atoms with Crippen LogP contribution in [0, 0.1) is 13.8 Å². The van der Waals surface area contributed by atoms with Gasteiger partial charge in [-0.2, -0.15) is 0 Å². The molecule has 162 valence electrons. The lowest BCUT2D eigenvalue weighted by molar-refractivity contribution is -0.118. The molecule has 31 heavy (non-hydrogen) atoms. The maximum atomic E-state index is 12.8. The maximum absolute atomic E-state index is 12.8. The summed E-state index contributed by atoms with van der Waals surface area (Å²) in [6.45, 7) is 7.11. The normalized spacial score (nSPS) is 14.6. The third kappa shape index (κ3) is 5.03. The molecule has 1 saturated heterocycles. The molecule has 0 spiro atoms. The Morgan fingerprint density at radius 2 is 1.87 bits per heavy atom. The van der Waals surface area contributed by atoms with Crippen LogP contribution in [0.1, 0.15) is 21.5 Å². The molecule has 0 aliphatic carbocycles.